The van der Waals surface area contributed by atoms with Crippen molar-refractivity contribution in [2.45, 2.75) is 44.9 Å². The van der Waals surface area contributed by atoms with Crippen LogP contribution >= 0.6 is 0 Å². The third-order valence-electron chi connectivity index (χ3n) is 4.45. The molecule has 1 aromatic heterocycles. The van der Waals surface area contributed by atoms with Crippen molar-refractivity contribution in [3.8, 4) is 0 Å². The summed E-state index contributed by atoms with van der Waals surface area (Å²) in [5.41, 5.74) is -0.0474. The van der Waals surface area contributed by atoms with Crippen molar-refractivity contribution in [3.63, 3.8) is 0 Å². The Balaban J connectivity index is 1.76. The van der Waals surface area contributed by atoms with Gasteiger partial charge in [-0.25, -0.2) is 0 Å². The molecule has 0 saturated carbocycles. The SMILES string of the molecule is CCCN1CCC(N(C)CC(O)Cn2cc([N+](=O)[O-])cn2)CC1. The topological polar surface area (TPSA) is 87.7 Å². The molecule has 1 aliphatic rings. The fourth-order valence-electron chi connectivity index (χ4n) is 3.20. The highest BCUT2D eigenvalue weighted by Crippen LogP contribution is 2.16. The highest BCUT2D eigenvalue weighted by molar-refractivity contribution is 5.20. The third-order valence-corrected chi connectivity index (χ3v) is 4.45. The quantitative estimate of drug-likeness (QED) is 0.566. The summed E-state index contributed by atoms with van der Waals surface area (Å²) in [6.45, 7) is 6.42. The molecule has 0 spiro atoms. The standard InChI is InChI=1S/C15H27N5O3/c1-3-6-18-7-4-13(5-8-18)17(2)11-15(21)12-19-10-14(9-16-19)20(22)23/h9-10,13,15,21H,3-8,11-12H2,1-2H3. The summed E-state index contributed by atoms with van der Waals surface area (Å²) in [6, 6.07) is 0.490. The highest BCUT2D eigenvalue weighted by atomic mass is 16.6. The highest BCUT2D eigenvalue weighted by Gasteiger charge is 2.23. The van der Waals surface area contributed by atoms with E-state index in [0.717, 1.165) is 32.5 Å². The van der Waals surface area contributed by atoms with Gasteiger partial charge in [0, 0.05) is 12.6 Å². The monoisotopic (exact) mass is 325 g/mol. The van der Waals surface area contributed by atoms with E-state index < -0.39 is 11.0 Å². The molecule has 2 heterocycles. The molecule has 8 nitrogen and oxygen atoms in total. The molecule has 0 amide bonds. The molecule has 1 atom stereocenters. The molecule has 1 aromatic rings. The number of likely N-dealkylation sites (tertiary alicyclic amines) is 1. The number of nitrogens with zero attached hydrogens (tertiary/aromatic N) is 5. The van der Waals surface area contributed by atoms with E-state index in [1.807, 2.05) is 7.05 Å². The lowest BCUT2D eigenvalue weighted by Crippen LogP contribution is -2.46. The van der Waals surface area contributed by atoms with E-state index >= 15 is 0 Å². The van der Waals surface area contributed by atoms with Crippen LogP contribution in [-0.4, -0.2) is 75.0 Å². The number of likely N-dealkylation sites (N-methyl/N-ethyl adjacent to an activating group) is 1. The van der Waals surface area contributed by atoms with Gasteiger partial charge in [0.25, 0.3) is 0 Å². The maximum absolute atomic E-state index is 10.6. The number of aliphatic hydroxyl groups excluding tert-OH is 1. The van der Waals surface area contributed by atoms with Crippen LogP contribution in [0.1, 0.15) is 26.2 Å². The Bertz CT molecular complexity index is 499. The summed E-state index contributed by atoms with van der Waals surface area (Å²) < 4.78 is 1.43. The normalized spacial score (nSPS) is 18.4. The van der Waals surface area contributed by atoms with Crippen LogP contribution in [0.2, 0.25) is 0 Å². The maximum atomic E-state index is 10.6. The van der Waals surface area contributed by atoms with Gasteiger partial charge in [-0.15, -0.1) is 0 Å². The van der Waals surface area contributed by atoms with Gasteiger partial charge in [0.05, 0.1) is 17.6 Å². The zero-order valence-electron chi connectivity index (χ0n) is 14.0. The lowest BCUT2D eigenvalue weighted by atomic mass is 10.0. The summed E-state index contributed by atoms with van der Waals surface area (Å²) in [5.74, 6) is 0. The molecule has 0 bridgehead atoms. The summed E-state index contributed by atoms with van der Waals surface area (Å²) in [4.78, 5) is 14.8. The minimum atomic E-state index is -0.590. The van der Waals surface area contributed by atoms with Crippen molar-refractivity contribution >= 4 is 5.69 Å². The van der Waals surface area contributed by atoms with E-state index in [4.69, 9.17) is 0 Å². The summed E-state index contributed by atoms with van der Waals surface area (Å²) in [5, 5.41) is 24.8. The second-order valence-corrected chi connectivity index (χ2v) is 6.34. The summed E-state index contributed by atoms with van der Waals surface area (Å²) >= 11 is 0. The maximum Gasteiger partial charge on any atom is 0.306 e. The van der Waals surface area contributed by atoms with Crippen molar-refractivity contribution in [1.82, 2.24) is 19.6 Å². The van der Waals surface area contributed by atoms with Gasteiger partial charge in [-0.2, -0.15) is 5.10 Å². The Labute approximate surface area is 136 Å². The van der Waals surface area contributed by atoms with E-state index in [1.54, 1.807) is 0 Å². The van der Waals surface area contributed by atoms with E-state index in [2.05, 4.69) is 21.8 Å². The molecule has 1 aliphatic heterocycles. The van der Waals surface area contributed by atoms with Gasteiger partial charge in [0.2, 0.25) is 0 Å². The molecule has 23 heavy (non-hydrogen) atoms. The first kappa shape index (κ1) is 17.8. The Hall–Kier alpha value is -1.51. The van der Waals surface area contributed by atoms with E-state index in [-0.39, 0.29) is 12.2 Å². The molecule has 1 fully saturated rings. The predicted molar refractivity (Wildman–Crippen MR) is 87.3 cm³/mol. The van der Waals surface area contributed by atoms with Gasteiger partial charge in [-0.05, 0) is 45.9 Å². The molecule has 0 aromatic carbocycles. The second kappa shape index (κ2) is 8.37. The smallest absolute Gasteiger partial charge is 0.306 e. The fourth-order valence-corrected chi connectivity index (χ4v) is 3.20. The largest absolute Gasteiger partial charge is 0.390 e. The van der Waals surface area contributed by atoms with Gasteiger partial charge >= 0.3 is 5.69 Å². The van der Waals surface area contributed by atoms with Crippen LogP contribution in [0.15, 0.2) is 12.4 Å². The Kier molecular flexibility index (Phi) is 6.49. The fraction of sp³-hybridized carbons (Fsp3) is 0.800. The second-order valence-electron chi connectivity index (χ2n) is 6.34. The van der Waals surface area contributed by atoms with Crippen molar-refractivity contribution in [3.05, 3.63) is 22.5 Å². The number of nitro groups is 1. The molecule has 1 unspecified atom stereocenters. The first-order valence-corrected chi connectivity index (χ1v) is 8.27. The number of hydrogen-bond donors (Lipinski definition) is 1. The molecular weight excluding hydrogens is 298 g/mol. The van der Waals surface area contributed by atoms with Crippen LogP contribution in [0, 0.1) is 10.1 Å². The zero-order chi connectivity index (χ0) is 16.8. The van der Waals surface area contributed by atoms with Crippen molar-refractivity contribution in [2.75, 3.05) is 33.2 Å². The Morgan fingerprint density at radius 1 is 1.52 bits per heavy atom. The zero-order valence-corrected chi connectivity index (χ0v) is 14.0. The number of aliphatic hydroxyl groups is 1. The van der Waals surface area contributed by atoms with Gasteiger partial charge in [0.15, 0.2) is 0 Å². The third kappa shape index (κ3) is 5.26. The molecule has 8 heteroatoms. The van der Waals surface area contributed by atoms with Crippen LogP contribution < -0.4 is 0 Å². The molecule has 1 N–H and O–H groups in total. The van der Waals surface area contributed by atoms with Crippen molar-refractivity contribution in [1.29, 1.82) is 0 Å². The molecule has 0 aliphatic carbocycles. The van der Waals surface area contributed by atoms with Gasteiger partial charge in [-0.3, -0.25) is 14.8 Å². The Morgan fingerprint density at radius 3 is 2.78 bits per heavy atom. The van der Waals surface area contributed by atoms with E-state index in [0.29, 0.717) is 12.6 Å². The number of piperidine rings is 1. The summed E-state index contributed by atoms with van der Waals surface area (Å²) in [7, 11) is 2.04. The average molecular weight is 325 g/mol. The first-order valence-electron chi connectivity index (χ1n) is 8.27. The number of rotatable bonds is 8. The van der Waals surface area contributed by atoms with Crippen LogP contribution in [0.5, 0.6) is 0 Å². The number of aromatic nitrogens is 2. The average Bonchev–Trinajstić information content (AvgIpc) is 2.96. The number of hydrogen-bond acceptors (Lipinski definition) is 6. The lowest BCUT2D eigenvalue weighted by Gasteiger charge is -2.37. The minimum absolute atomic E-state index is 0.0474. The van der Waals surface area contributed by atoms with E-state index in [1.165, 1.54) is 23.5 Å². The van der Waals surface area contributed by atoms with Crippen LogP contribution in [0.4, 0.5) is 5.69 Å². The van der Waals surface area contributed by atoms with Crippen molar-refractivity contribution in [2.24, 2.45) is 0 Å². The Morgan fingerprint density at radius 2 is 2.22 bits per heavy atom. The molecule has 130 valence electrons. The van der Waals surface area contributed by atoms with E-state index in [9.17, 15) is 15.2 Å². The van der Waals surface area contributed by atoms with Crippen LogP contribution in [0.25, 0.3) is 0 Å². The minimum Gasteiger partial charge on any atom is -0.390 e. The molecule has 2 rings (SSSR count). The first-order chi connectivity index (χ1) is 11.0. The van der Waals surface area contributed by atoms with Gasteiger partial charge in [0.1, 0.15) is 12.4 Å². The molecular formula is C15H27N5O3. The van der Waals surface area contributed by atoms with Crippen LogP contribution in [-0.2, 0) is 6.54 Å². The van der Waals surface area contributed by atoms with Gasteiger partial charge in [-0.1, -0.05) is 6.92 Å². The predicted octanol–water partition coefficient (Wildman–Crippen LogP) is 0.958. The van der Waals surface area contributed by atoms with Gasteiger partial charge < -0.3 is 14.9 Å². The van der Waals surface area contributed by atoms with Crippen LogP contribution in [0.3, 0.4) is 0 Å². The lowest BCUT2D eigenvalue weighted by molar-refractivity contribution is -0.385. The molecule has 0 radical (unpaired) electrons. The molecule has 1 saturated heterocycles. The summed E-state index contributed by atoms with van der Waals surface area (Å²) in [6.07, 6.45) is 5.40. The van der Waals surface area contributed by atoms with Crippen molar-refractivity contribution < 1.29 is 10.0 Å².